The number of aliphatic hydroxyl groups excluding tert-OH is 1. The minimum atomic E-state index is -0.297. The molecule has 0 radical (unpaired) electrons. The summed E-state index contributed by atoms with van der Waals surface area (Å²) in [4.78, 5) is 16.7. The summed E-state index contributed by atoms with van der Waals surface area (Å²) in [5, 5.41) is 13.1. The third-order valence-corrected chi connectivity index (χ3v) is 5.31. The Morgan fingerprint density at radius 1 is 1.29 bits per heavy atom. The maximum atomic E-state index is 12.2. The number of nitrogens with one attached hydrogen (secondary N) is 1. The van der Waals surface area contributed by atoms with Gasteiger partial charge >= 0.3 is 0 Å². The van der Waals surface area contributed by atoms with Gasteiger partial charge in [0.05, 0.1) is 12.6 Å². The van der Waals surface area contributed by atoms with E-state index in [-0.39, 0.29) is 18.1 Å². The molecule has 2 heterocycles. The first-order chi connectivity index (χ1) is 11.6. The Bertz CT molecular complexity index is 537. The molecular weight excluding hydrogens is 302 g/mol. The lowest BCUT2D eigenvalue weighted by molar-refractivity contribution is -0.122. The Labute approximate surface area is 144 Å². The van der Waals surface area contributed by atoms with Gasteiger partial charge in [-0.25, -0.2) is 0 Å². The van der Waals surface area contributed by atoms with Crippen molar-refractivity contribution in [1.82, 2.24) is 15.1 Å². The number of rotatable bonds is 6. The minimum Gasteiger partial charge on any atom is -0.392 e. The van der Waals surface area contributed by atoms with Crippen LogP contribution in [0, 0.1) is 0 Å². The molecule has 0 bridgehead atoms. The summed E-state index contributed by atoms with van der Waals surface area (Å²) in [7, 11) is 0. The van der Waals surface area contributed by atoms with Crippen LogP contribution >= 0.6 is 0 Å². The van der Waals surface area contributed by atoms with Crippen LogP contribution in [-0.2, 0) is 11.3 Å². The normalized spacial score (nSPS) is 28.3. The average molecular weight is 331 g/mol. The van der Waals surface area contributed by atoms with Crippen molar-refractivity contribution >= 4 is 5.91 Å². The van der Waals surface area contributed by atoms with E-state index in [4.69, 9.17) is 0 Å². The topological polar surface area (TPSA) is 55.8 Å². The van der Waals surface area contributed by atoms with Crippen LogP contribution in [0.1, 0.15) is 31.7 Å². The predicted molar refractivity (Wildman–Crippen MR) is 94.5 cm³/mol. The Kier molecular flexibility index (Phi) is 5.87. The molecule has 132 valence electrons. The number of hydrogen-bond acceptors (Lipinski definition) is 4. The van der Waals surface area contributed by atoms with E-state index in [1.807, 2.05) is 18.2 Å². The highest BCUT2D eigenvalue weighted by atomic mass is 16.3. The second kappa shape index (κ2) is 8.10. The zero-order valence-electron chi connectivity index (χ0n) is 14.5. The lowest BCUT2D eigenvalue weighted by Crippen LogP contribution is -2.44. The number of carbonyl (C=O) groups is 1. The predicted octanol–water partition coefficient (Wildman–Crippen LogP) is 1.22. The van der Waals surface area contributed by atoms with E-state index in [9.17, 15) is 9.90 Å². The second-order valence-electron chi connectivity index (χ2n) is 7.22. The Balaban J connectivity index is 1.48. The number of amides is 1. The van der Waals surface area contributed by atoms with Gasteiger partial charge < -0.3 is 10.4 Å². The fourth-order valence-electron chi connectivity index (χ4n) is 3.88. The van der Waals surface area contributed by atoms with Gasteiger partial charge in [-0.2, -0.15) is 0 Å². The molecule has 3 atom stereocenters. The average Bonchev–Trinajstić information content (AvgIpc) is 3.12. The number of benzene rings is 1. The molecule has 1 aromatic rings. The van der Waals surface area contributed by atoms with Gasteiger partial charge in [0, 0.05) is 31.7 Å². The van der Waals surface area contributed by atoms with E-state index >= 15 is 0 Å². The van der Waals surface area contributed by atoms with Crippen molar-refractivity contribution in [3.05, 3.63) is 35.9 Å². The van der Waals surface area contributed by atoms with Crippen molar-refractivity contribution in [1.29, 1.82) is 0 Å². The summed E-state index contributed by atoms with van der Waals surface area (Å²) in [6, 6.07) is 11.0. The van der Waals surface area contributed by atoms with E-state index in [1.165, 1.54) is 18.4 Å². The van der Waals surface area contributed by atoms with Gasteiger partial charge in [0.25, 0.3) is 0 Å². The summed E-state index contributed by atoms with van der Waals surface area (Å²) in [5.74, 6) is 0.102. The van der Waals surface area contributed by atoms with Crippen LogP contribution in [-0.4, -0.2) is 65.2 Å². The molecule has 2 aliphatic heterocycles. The smallest absolute Gasteiger partial charge is 0.234 e. The number of aliphatic hydroxyl groups is 1. The molecule has 5 heteroatoms. The molecule has 3 rings (SSSR count). The van der Waals surface area contributed by atoms with Crippen molar-refractivity contribution in [2.75, 3.05) is 26.2 Å². The molecule has 0 spiro atoms. The van der Waals surface area contributed by atoms with E-state index in [0.29, 0.717) is 25.7 Å². The first kappa shape index (κ1) is 17.4. The fraction of sp³-hybridized carbons (Fsp3) is 0.632. The standard InChI is InChI=1S/C19H29N3O2/c1-15-6-5-9-21(15)14-19(24)20-11-17-10-18(23)13-22(17)12-16-7-3-2-4-8-16/h2-4,7-8,15,17-18,23H,5-6,9-14H2,1H3,(H,20,24). The first-order valence-electron chi connectivity index (χ1n) is 9.08. The van der Waals surface area contributed by atoms with Gasteiger partial charge in [0.2, 0.25) is 5.91 Å². The maximum Gasteiger partial charge on any atom is 0.234 e. The summed E-state index contributed by atoms with van der Waals surface area (Å²) >= 11 is 0. The van der Waals surface area contributed by atoms with E-state index in [1.54, 1.807) is 0 Å². The molecule has 2 aliphatic rings. The number of β-amino-alcohol motifs (C(OH)–C–C–N with tert-alkyl or cyclic N) is 1. The lowest BCUT2D eigenvalue weighted by Gasteiger charge is -2.25. The van der Waals surface area contributed by atoms with E-state index < -0.39 is 0 Å². The quantitative estimate of drug-likeness (QED) is 0.823. The van der Waals surface area contributed by atoms with Crippen LogP contribution < -0.4 is 5.32 Å². The number of carbonyl (C=O) groups excluding carboxylic acids is 1. The molecule has 24 heavy (non-hydrogen) atoms. The van der Waals surface area contributed by atoms with Gasteiger partial charge in [-0.1, -0.05) is 30.3 Å². The highest BCUT2D eigenvalue weighted by molar-refractivity contribution is 5.78. The second-order valence-corrected chi connectivity index (χ2v) is 7.22. The van der Waals surface area contributed by atoms with Crippen LogP contribution in [0.4, 0.5) is 0 Å². The van der Waals surface area contributed by atoms with Gasteiger partial charge in [-0.05, 0) is 38.3 Å². The van der Waals surface area contributed by atoms with Crippen molar-refractivity contribution in [3.63, 3.8) is 0 Å². The summed E-state index contributed by atoms with van der Waals surface area (Å²) in [6.07, 6.45) is 2.81. The van der Waals surface area contributed by atoms with Crippen LogP contribution in [0.15, 0.2) is 30.3 Å². The monoisotopic (exact) mass is 331 g/mol. The first-order valence-corrected chi connectivity index (χ1v) is 9.08. The summed E-state index contributed by atoms with van der Waals surface area (Å²) < 4.78 is 0. The van der Waals surface area contributed by atoms with Gasteiger partial charge in [0.1, 0.15) is 0 Å². The van der Waals surface area contributed by atoms with Crippen LogP contribution in [0.3, 0.4) is 0 Å². The van der Waals surface area contributed by atoms with E-state index in [0.717, 1.165) is 19.5 Å². The lowest BCUT2D eigenvalue weighted by atomic mass is 10.1. The molecule has 2 fully saturated rings. The van der Waals surface area contributed by atoms with Gasteiger partial charge in [-0.3, -0.25) is 14.6 Å². The molecule has 2 saturated heterocycles. The number of nitrogens with zero attached hydrogens (tertiary/aromatic N) is 2. The number of hydrogen-bond donors (Lipinski definition) is 2. The zero-order chi connectivity index (χ0) is 16.9. The largest absolute Gasteiger partial charge is 0.392 e. The van der Waals surface area contributed by atoms with Crippen LogP contribution in [0.5, 0.6) is 0 Å². The molecular formula is C19H29N3O2. The van der Waals surface area contributed by atoms with Crippen molar-refractivity contribution < 1.29 is 9.90 Å². The molecule has 1 amide bonds. The third-order valence-electron chi connectivity index (χ3n) is 5.31. The van der Waals surface area contributed by atoms with Crippen molar-refractivity contribution in [2.45, 2.75) is 50.9 Å². The molecule has 1 aromatic carbocycles. The van der Waals surface area contributed by atoms with Gasteiger partial charge in [-0.15, -0.1) is 0 Å². The fourth-order valence-corrected chi connectivity index (χ4v) is 3.88. The summed E-state index contributed by atoms with van der Waals surface area (Å²) in [6.45, 7) is 5.83. The third kappa shape index (κ3) is 4.56. The SMILES string of the molecule is CC1CCCN1CC(=O)NCC1CC(O)CN1Cc1ccccc1. The van der Waals surface area contributed by atoms with Crippen LogP contribution in [0.2, 0.25) is 0 Å². The molecule has 0 saturated carbocycles. The van der Waals surface area contributed by atoms with Crippen molar-refractivity contribution in [3.8, 4) is 0 Å². The zero-order valence-corrected chi connectivity index (χ0v) is 14.5. The Morgan fingerprint density at radius 3 is 2.79 bits per heavy atom. The molecule has 3 unspecified atom stereocenters. The highest BCUT2D eigenvalue weighted by Gasteiger charge is 2.31. The van der Waals surface area contributed by atoms with Crippen molar-refractivity contribution in [2.24, 2.45) is 0 Å². The van der Waals surface area contributed by atoms with Crippen LogP contribution in [0.25, 0.3) is 0 Å². The maximum absolute atomic E-state index is 12.2. The minimum absolute atomic E-state index is 0.102. The Morgan fingerprint density at radius 2 is 2.08 bits per heavy atom. The summed E-state index contributed by atoms with van der Waals surface area (Å²) in [5.41, 5.74) is 1.24. The Hall–Kier alpha value is -1.43. The molecule has 0 aromatic heterocycles. The van der Waals surface area contributed by atoms with Gasteiger partial charge in [0.15, 0.2) is 0 Å². The highest BCUT2D eigenvalue weighted by Crippen LogP contribution is 2.20. The molecule has 2 N–H and O–H groups in total. The number of likely N-dealkylation sites (tertiary alicyclic amines) is 2. The van der Waals surface area contributed by atoms with E-state index in [2.05, 4.69) is 34.2 Å². The molecule has 5 nitrogen and oxygen atoms in total. The molecule has 0 aliphatic carbocycles.